The van der Waals surface area contributed by atoms with Gasteiger partial charge in [0.15, 0.2) is 12.0 Å². The van der Waals surface area contributed by atoms with E-state index in [1.807, 2.05) is 0 Å². The Balaban J connectivity index is 1.41. The quantitative estimate of drug-likeness (QED) is 0.166. The molecule has 0 fully saturated rings. The van der Waals surface area contributed by atoms with Crippen molar-refractivity contribution in [1.82, 2.24) is 0 Å². The summed E-state index contributed by atoms with van der Waals surface area (Å²) in [5.74, 6) is 0. The maximum absolute atomic E-state index is 2.66. The largest absolute Gasteiger partial charge is 0.220 e. The predicted molar refractivity (Wildman–Crippen MR) is 201 cm³/mol. The van der Waals surface area contributed by atoms with E-state index < -0.39 is 5.41 Å². The summed E-state index contributed by atoms with van der Waals surface area (Å²) in [5.41, 5.74) is 16.0. The summed E-state index contributed by atoms with van der Waals surface area (Å²) < 4.78 is 5.32. The summed E-state index contributed by atoms with van der Waals surface area (Å²) in [7, 11) is 0.535. The van der Waals surface area contributed by atoms with Crippen molar-refractivity contribution >= 4 is 24.4 Å². The molecule has 2 aliphatic rings. The van der Waals surface area contributed by atoms with E-state index in [-0.39, 0.29) is 10.8 Å². The van der Waals surface area contributed by atoms with Crippen LogP contribution in [0.1, 0.15) is 80.7 Å². The Morgan fingerprint density at radius 2 is 1.21 bits per heavy atom. The second kappa shape index (κ2) is 10.2. The molecule has 3 heteroatoms. The Morgan fingerprint density at radius 1 is 0.583 bits per heavy atom. The Bertz CT molecular complexity index is 2390. The third kappa shape index (κ3) is 4.12. The van der Waals surface area contributed by atoms with Crippen molar-refractivity contribution in [2.24, 2.45) is 0 Å². The van der Waals surface area contributed by atoms with Crippen LogP contribution in [-0.4, -0.2) is 0 Å². The van der Waals surface area contributed by atoms with Crippen LogP contribution in [0.5, 0.6) is 0 Å². The van der Waals surface area contributed by atoms with Gasteiger partial charge < -0.3 is 0 Å². The lowest BCUT2D eigenvalue weighted by molar-refractivity contribution is -0.697. The number of fused-ring (bicyclic) bond motifs is 9. The molecule has 48 heavy (non-hydrogen) atoms. The molecule has 0 amide bonds. The Morgan fingerprint density at radius 3 is 1.92 bits per heavy atom. The molecule has 0 saturated heterocycles. The lowest BCUT2D eigenvalue weighted by Crippen LogP contribution is -2.52. The number of nitrogens with zero attached hydrogens (tertiary/aromatic N) is 2. The highest BCUT2D eigenvalue weighted by Gasteiger charge is 2.57. The molecule has 0 bridgehead atoms. The van der Waals surface area contributed by atoms with Crippen molar-refractivity contribution < 1.29 is 8.73 Å². The molecule has 9 rings (SSSR count). The van der Waals surface area contributed by atoms with E-state index in [1.54, 1.807) is 0 Å². The summed E-state index contributed by atoms with van der Waals surface area (Å²) in [5, 5.41) is 2.81. The van der Waals surface area contributed by atoms with Gasteiger partial charge >= 0.3 is 0 Å². The molecule has 1 aliphatic carbocycles. The van der Waals surface area contributed by atoms with E-state index >= 15 is 0 Å². The van der Waals surface area contributed by atoms with E-state index in [1.165, 1.54) is 77.6 Å². The van der Waals surface area contributed by atoms with Gasteiger partial charge in [0, 0.05) is 36.2 Å². The first-order chi connectivity index (χ1) is 23.1. The van der Waals surface area contributed by atoms with Crippen LogP contribution in [0.4, 0.5) is 0 Å². The van der Waals surface area contributed by atoms with Crippen LogP contribution < -0.4 is 8.73 Å². The van der Waals surface area contributed by atoms with Crippen molar-refractivity contribution in [3.8, 4) is 22.4 Å². The molecule has 4 heterocycles. The van der Waals surface area contributed by atoms with Crippen LogP contribution in [0.3, 0.4) is 0 Å². The smallest absolute Gasteiger partial charge is 0.194 e. The lowest BCUT2D eigenvalue weighted by atomic mass is 9.71. The highest BCUT2D eigenvalue weighted by molar-refractivity contribution is 7.29. The van der Waals surface area contributed by atoms with Crippen LogP contribution >= 0.6 is 8.35 Å². The molecule has 4 aromatic carbocycles. The molecule has 236 valence electrons. The summed E-state index contributed by atoms with van der Waals surface area (Å²) in [6, 6.07) is 46.9. The van der Waals surface area contributed by atoms with Crippen molar-refractivity contribution in [1.29, 1.82) is 0 Å². The fourth-order valence-electron chi connectivity index (χ4n) is 8.57. The van der Waals surface area contributed by atoms with Gasteiger partial charge in [0.2, 0.25) is 22.6 Å². The first kappa shape index (κ1) is 29.6. The zero-order valence-corrected chi connectivity index (χ0v) is 29.9. The van der Waals surface area contributed by atoms with E-state index in [9.17, 15) is 0 Å². The van der Waals surface area contributed by atoms with Gasteiger partial charge in [-0.05, 0) is 80.1 Å². The molecular formula is C45H43N2P+2. The van der Waals surface area contributed by atoms with Crippen LogP contribution in [0.25, 0.3) is 38.4 Å². The topological polar surface area (TPSA) is 7.98 Å². The van der Waals surface area contributed by atoms with Gasteiger partial charge in [-0.25, -0.2) is 0 Å². The number of aryl methyl sites for hydroxylation is 1. The molecule has 1 atom stereocenters. The molecule has 1 aliphatic heterocycles. The third-order valence-electron chi connectivity index (χ3n) is 11.1. The molecule has 0 radical (unpaired) electrons. The van der Waals surface area contributed by atoms with Gasteiger partial charge in [0.1, 0.15) is 8.35 Å². The van der Waals surface area contributed by atoms with E-state index in [0.717, 1.165) is 13.0 Å². The zero-order valence-electron chi connectivity index (χ0n) is 28.9. The molecular weight excluding hydrogens is 599 g/mol. The molecule has 3 aromatic heterocycles. The monoisotopic (exact) mass is 642 g/mol. The van der Waals surface area contributed by atoms with Gasteiger partial charge in [-0.3, -0.25) is 0 Å². The molecule has 0 spiro atoms. The number of hydrogen-bond donors (Lipinski definition) is 0. The fourth-order valence-corrected chi connectivity index (χ4v) is 9.96. The maximum atomic E-state index is 2.66. The van der Waals surface area contributed by atoms with Gasteiger partial charge in [-0.15, -0.1) is 0 Å². The fraction of sp³-hybridized carbons (Fsp3) is 0.244. The maximum Gasteiger partial charge on any atom is 0.220 e. The second-order valence-corrected chi connectivity index (χ2v) is 17.1. The number of pyridine rings is 2. The number of aromatic nitrogens is 2. The zero-order chi connectivity index (χ0) is 33.0. The standard InChI is InChI=1S/C45H43N2P/c1-43(2,3)30-22-21-29-25-26-46-38(34(29)27-30)17-11-19-41(46)45(36-15-9-7-13-32(36)33-14-8-10-16-37(33)45)42-20-12-18-39-35-28-31(44(4,5)6)23-24-40(35)48-47(39)42/h7-24,27-28,48H,25-26H2,1-6H3/q+2. The van der Waals surface area contributed by atoms with Crippen molar-refractivity contribution in [3.63, 3.8) is 0 Å². The predicted octanol–water partition coefficient (Wildman–Crippen LogP) is 10.1. The van der Waals surface area contributed by atoms with Crippen LogP contribution in [0, 0.1) is 0 Å². The Hall–Kier alpha value is -4.52. The molecule has 0 N–H and O–H groups in total. The molecule has 1 unspecified atom stereocenters. The minimum Gasteiger partial charge on any atom is -0.194 e. The Kier molecular flexibility index (Phi) is 6.32. The van der Waals surface area contributed by atoms with E-state index in [0.29, 0.717) is 8.35 Å². The van der Waals surface area contributed by atoms with E-state index in [2.05, 4.69) is 172 Å². The highest BCUT2D eigenvalue weighted by atomic mass is 31.0. The van der Waals surface area contributed by atoms with Crippen LogP contribution in [0.15, 0.2) is 121 Å². The molecule has 7 aromatic rings. The first-order valence-corrected chi connectivity index (χ1v) is 18.4. The minimum atomic E-state index is -0.486. The van der Waals surface area contributed by atoms with Crippen molar-refractivity contribution in [3.05, 3.63) is 161 Å². The summed E-state index contributed by atoms with van der Waals surface area (Å²) in [6.45, 7) is 14.9. The van der Waals surface area contributed by atoms with Gasteiger partial charge in [-0.2, -0.15) is 8.73 Å². The number of benzene rings is 4. The highest BCUT2D eigenvalue weighted by Crippen LogP contribution is 2.55. The SMILES string of the molecule is CC(C)(C)c1ccc2c(c1)-c1cccc(C3(c4cccc5c6cc(C(C)(C)C)ccc6[pH][n+]45)c4ccccc4-c4ccccc43)[n+]1CC2. The Labute approximate surface area is 285 Å². The van der Waals surface area contributed by atoms with E-state index in [4.69, 9.17) is 0 Å². The number of hydrogen-bond acceptors (Lipinski definition) is 0. The van der Waals surface area contributed by atoms with Crippen LogP contribution in [0.2, 0.25) is 0 Å². The summed E-state index contributed by atoms with van der Waals surface area (Å²) >= 11 is 0. The first-order valence-electron chi connectivity index (χ1n) is 17.4. The summed E-state index contributed by atoms with van der Waals surface area (Å²) in [4.78, 5) is 0. The van der Waals surface area contributed by atoms with Crippen molar-refractivity contribution in [2.75, 3.05) is 0 Å². The van der Waals surface area contributed by atoms with Gasteiger partial charge in [0.25, 0.3) is 0 Å². The van der Waals surface area contributed by atoms with Gasteiger partial charge in [-0.1, -0.05) is 108 Å². The minimum absolute atomic E-state index is 0.0868. The lowest BCUT2D eigenvalue weighted by Gasteiger charge is -2.29. The average molecular weight is 643 g/mol. The summed E-state index contributed by atoms with van der Waals surface area (Å²) in [6.07, 6.45) is 1.02. The van der Waals surface area contributed by atoms with Gasteiger partial charge in [0.05, 0.1) is 10.5 Å². The van der Waals surface area contributed by atoms with Crippen LogP contribution in [-0.2, 0) is 29.2 Å². The molecule has 2 nitrogen and oxygen atoms in total. The third-order valence-corrected chi connectivity index (χ3v) is 12.4. The normalized spacial score (nSPS) is 15.0. The number of rotatable bonds is 2. The molecule has 0 saturated carbocycles. The second-order valence-electron chi connectivity index (χ2n) is 15.9. The average Bonchev–Trinajstić information content (AvgIpc) is 3.61. The van der Waals surface area contributed by atoms with Crippen molar-refractivity contribution in [2.45, 2.75) is 70.8 Å².